The first-order valence-electron chi connectivity index (χ1n) is 8.32. The molecular formula is C20H25NO3. The Morgan fingerprint density at radius 2 is 1.75 bits per heavy atom. The average Bonchev–Trinajstić information content (AvgIpc) is 2.82. The summed E-state index contributed by atoms with van der Waals surface area (Å²) in [6.45, 7) is 1.77. The fourth-order valence-electron chi connectivity index (χ4n) is 3.52. The van der Waals surface area contributed by atoms with Crippen LogP contribution < -0.4 is 19.5 Å². The third-order valence-electron chi connectivity index (χ3n) is 4.64. The zero-order chi connectivity index (χ0) is 16.9. The van der Waals surface area contributed by atoms with Crippen molar-refractivity contribution >= 4 is 0 Å². The van der Waals surface area contributed by atoms with Crippen LogP contribution in [0.4, 0.5) is 0 Å². The molecule has 2 aromatic rings. The maximum atomic E-state index is 5.64. The SMILES string of the molecule is COc1cc2c(c(OC)c1OC)CNCC(Cc1ccccc1)C2. The van der Waals surface area contributed by atoms with Gasteiger partial charge in [0.1, 0.15) is 0 Å². The number of hydrogen-bond donors (Lipinski definition) is 1. The number of methoxy groups -OCH3 is 3. The second-order valence-corrected chi connectivity index (χ2v) is 6.17. The highest BCUT2D eigenvalue weighted by Gasteiger charge is 2.24. The van der Waals surface area contributed by atoms with Crippen LogP contribution in [-0.4, -0.2) is 27.9 Å². The lowest BCUT2D eigenvalue weighted by Crippen LogP contribution is -2.22. The van der Waals surface area contributed by atoms with E-state index in [9.17, 15) is 0 Å². The molecule has 0 saturated carbocycles. The summed E-state index contributed by atoms with van der Waals surface area (Å²) in [5.41, 5.74) is 3.82. The van der Waals surface area contributed by atoms with Crippen LogP contribution in [0.3, 0.4) is 0 Å². The lowest BCUT2D eigenvalue weighted by atomic mass is 9.91. The van der Waals surface area contributed by atoms with Crippen molar-refractivity contribution in [3.63, 3.8) is 0 Å². The van der Waals surface area contributed by atoms with Crippen LogP contribution in [0.15, 0.2) is 36.4 Å². The number of nitrogens with one attached hydrogen (secondary N) is 1. The number of rotatable bonds is 5. The predicted molar refractivity (Wildman–Crippen MR) is 95.1 cm³/mol. The largest absolute Gasteiger partial charge is 0.493 e. The van der Waals surface area contributed by atoms with E-state index < -0.39 is 0 Å². The highest BCUT2D eigenvalue weighted by atomic mass is 16.5. The van der Waals surface area contributed by atoms with Gasteiger partial charge in [0.15, 0.2) is 11.5 Å². The molecule has 0 amide bonds. The first-order valence-corrected chi connectivity index (χ1v) is 8.32. The van der Waals surface area contributed by atoms with Gasteiger partial charge in [-0.05, 0) is 42.5 Å². The van der Waals surface area contributed by atoms with Crippen molar-refractivity contribution in [2.45, 2.75) is 19.4 Å². The molecule has 128 valence electrons. The Morgan fingerprint density at radius 3 is 2.42 bits per heavy atom. The van der Waals surface area contributed by atoms with Crippen LogP contribution in [0, 0.1) is 5.92 Å². The normalized spacial score (nSPS) is 16.9. The van der Waals surface area contributed by atoms with Crippen LogP contribution in [0.1, 0.15) is 16.7 Å². The Bertz CT molecular complexity index is 685. The molecule has 1 heterocycles. The maximum Gasteiger partial charge on any atom is 0.203 e. The molecule has 1 aliphatic rings. The summed E-state index contributed by atoms with van der Waals surface area (Å²) >= 11 is 0. The zero-order valence-corrected chi connectivity index (χ0v) is 14.6. The van der Waals surface area contributed by atoms with E-state index in [-0.39, 0.29) is 0 Å². The second kappa shape index (κ2) is 7.58. The Labute approximate surface area is 143 Å². The van der Waals surface area contributed by atoms with Gasteiger partial charge in [-0.1, -0.05) is 30.3 Å². The van der Waals surface area contributed by atoms with Gasteiger partial charge in [-0.15, -0.1) is 0 Å². The summed E-state index contributed by atoms with van der Waals surface area (Å²) in [5, 5.41) is 3.56. The summed E-state index contributed by atoms with van der Waals surface area (Å²) in [4.78, 5) is 0. The van der Waals surface area contributed by atoms with E-state index >= 15 is 0 Å². The van der Waals surface area contributed by atoms with E-state index in [0.717, 1.165) is 37.4 Å². The minimum atomic E-state index is 0.538. The summed E-state index contributed by atoms with van der Waals surface area (Å²) < 4.78 is 16.7. The van der Waals surface area contributed by atoms with Crippen molar-refractivity contribution in [2.24, 2.45) is 5.92 Å². The standard InChI is InChI=1S/C20H25NO3/c1-22-18-11-16-10-15(9-14-7-5-4-6-8-14)12-21-13-17(16)19(23-2)20(18)24-3/h4-8,11,15,21H,9-10,12-13H2,1-3H3. The lowest BCUT2D eigenvalue weighted by molar-refractivity contribution is 0.321. The quantitative estimate of drug-likeness (QED) is 0.915. The molecule has 0 spiro atoms. The molecule has 4 heteroatoms. The summed E-state index contributed by atoms with van der Waals surface area (Å²) in [6.07, 6.45) is 2.05. The van der Waals surface area contributed by atoms with Crippen LogP contribution in [-0.2, 0) is 19.4 Å². The molecule has 0 bridgehead atoms. The summed E-state index contributed by atoms with van der Waals surface area (Å²) in [6, 6.07) is 12.8. The molecule has 3 rings (SSSR count). The highest BCUT2D eigenvalue weighted by molar-refractivity contribution is 5.59. The fourth-order valence-corrected chi connectivity index (χ4v) is 3.52. The fraction of sp³-hybridized carbons (Fsp3) is 0.400. The molecule has 0 fully saturated rings. The third-order valence-corrected chi connectivity index (χ3v) is 4.64. The number of fused-ring (bicyclic) bond motifs is 1. The Hall–Kier alpha value is -2.20. The van der Waals surface area contributed by atoms with Crippen molar-refractivity contribution in [3.8, 4) is 17.2 Å². The molecule has 0 radical (unpaired) electrons. The minimum absolute atomic E-state index is 0.538. The van der Waals surface area contributed by atoms with E-state index in [1.54, 1.807) is 21.3 Å². The number of hydrogen-bond acceptors (Lipinski definition) is 4. The number of benzene rings is 2. The van der Waals surface area contributed by atoms with Crippen LogP contribution >= 0.6 is 0 Å². The third kappa shape index (κ3) is 3.34. The predicted octanol–water partition coefficient (Wildman–Crippen LogP) is 3.22. The van der Waals surface area contributed by atoms with Crippen molar-refractivity contribution in [1.82, 2.24) is 5.32 Å². The van der Waals surface area contributed by atoms with E-state index in [1.807, 2.05) is 0 Å². The van der Waals surface area contributed by atoms with Gasteiger partial charge in [0.2, 0.25) is 5.75 Å². The van der Waals surface area contributed by atoms with Crippen molar-refractivity contribution in [2.75, 3.05) is 27.9 Å². The summed E-state index contributed by atoms with van der Waals surface area (Å²) in [5.74, 6) is 2.71. The van der Waals surface area contributed by atoms with Gasteiger partial charge in [0, 0.05) is 12.1 Å². The van der Waals surface area contributed by atoms with E-state index in [4.69, 9.17) is 14.2 Å². The smallest absolute Gasteiger partial charge is 0.203 e. The van der Waals surface area contributed by atoms with E-state index in [0.29, 0.717) is 11.7 Å². The van der Waals surface area contributed by atoms with Crippen molar-refractivity contribution < 1.29 is 14.2 Å². The van der Waals surface area contributed by atoms with Crippen LogP contribution in [0.25, 0.3) is 0 Å². The summed E-state index contributed by atoms with van der Waals surface area (Å²) in [7, 11) is 5.00. The van der Waals surface area contributed by atoms with Crippen molar-refractivity contribution in [1.29, 1.82) is 0 Å². The van der Waals surface area contributed by atoms with Crippen LogP contribution in [0.2, 0.25) is 0 Å². The zero-order valence-electron chi connectivity index (χ0n) is 14.6. The Kier molecular flexibility index (Phi) is 5.26. The lowest BCUT2D eigenvalue weighted by Gasteiger charge is -2.19. The van der Waals surface area contributed by atoms with E-state index in [1.165, 1.54) is 16.7 Å². The van der Waals surface area contributed by atoms with Crippen molar-refractivity contribution in [3.05, 3.63) is 53.1 Å². The molecule has 1 aliphatic heterocycles. The maximum absolute atomic E-state index is 5.64. The Morgan fingerprint density at radius 1 is 1.00 bits per heavy atom. The topological polar surface area (TPSA) is 39.7 Å². The molecular weight excluding hydrogens is 302 g/mol. The number of ether oxygens (including phenoxy) is 3. The van der Waals surface area contributed by atoms with Gasteiger partial charge < -0.3 is 19.5 Å². The van der Waals surface area contributed by atoms with Gasteiger partial charge in [-0.2, -0.15) is 0 Å². The molecule has 1 unspecified atom stereocenters. The molecule has 0 aliphatic carbocycles. The Balaban J connectivity index is 1.92. The highest BCUT2D eigenvalue weighted by Crippen LogP contribution is 2.43. The second-order valence-electron chi connectivity index (χ2n) is 6.17. The minimum Gasteiger partial charge on any atom is -0.493 e. The monoisotopic (exact) mass is 327 g/mol. The van der Waals surface area contributed by atoms with Gasteiger partial charge in [-0.25, -0.2) is 0 Å². The molecule has 0 aromatic heterocycles. The molecule has 24 heavy (non-hydrogen) atoms. The van der Waals surface area contributed by atoms with E-state index in [2.05, 4.69) is 41.7 Å². The first-order chi connectivity index (χ1) is 11.8. The molecule has 1 atom stereocenters. The molecule has 4 nitrogen and oxygen atoms in total. The van der Waals surface area contributed by atoms with Gasteiger partial charge in [-0.3, -0.25) is 0 Å². The van der Waals surface area contributed by atoms with Gasteiger partial charge in [0.05, 0.1) is 21.3 Å². The molecule has 1 N–H and O–H groups in total. The van der Waals surface area contributed by atoms with Gasteiger partial charge in [0.25, 0.3) is 0 Å². The molecule has 0 saturated heterocycles. The first kappa shape index (κ1) is 16.7. The average molecular weight is 327 g/mol. The van der Waals surface area contributed by atoms with Crippen LogP contribution in [0.5, 0.6) is 17.2 Å². The van der Waals surface area contributed by atoms with Gasteiger partial charge >= 0.3 is 0 Å². The molecule has 2 aromatic carbocycles.